The van der Waals surface area contributed by atoms with Crippen molar-refractivity contribution in [2.45, 2.75) is 44.3 Å². The van der Waals surface area contributed by atoms with Gasteiger partial charge in [-0.25, -0.2) is 8.42 Å². The van der Waals surface area contributed by atoms with E-state index in [-0.39, 0.29) is 34.7 Å². The number of anilines is 1. The number of benzene rings is 3. The minimum atomic E-state index is -4.46. The van der Waals surface area contributed by atoms with Gasteiger partial charge in [0.2, 0.25) is 11.8 Å². The van der Waals surface area contributed by atoms with Crippen molar-refractivity contribution in [1.82, 2.24) is 10.2 Å². The molecule has 13 heteroatoms. The highest BCUT2D eigenvalue weighted by atomic mass is 35.5. The van der Waals surface area contributed by atoms with Crippen LogP contribution in [0.1, 0.15) is 26.3 Å². The Labute approximate surface area is 263 Å². The summed E-state index contributed by atoms with van der Waals surface area (Å²) in [6, 6.07) is 14.5. The molecule has 2 amide bonds. The number of hydrogen-bond donors (Lipinski definition) is 1. The first-order chi connectivity index (χ1) is 20.9. The second-order valence-electron chi connectivity index (χ2n) is 10.0. The number of carbonyl (C=O) groups is 2. The number of carbonyl (C=O) groups excluding carboxylic acids is 2. The predicted molar refractivity (Wildman–Crippen MR) is 168 cm³/mol. The standard InChI is InChI=1S/C31H38ClN3O8S/c1-20(2)33-31(37)21(3)34(18-22-10-8-9-11-25(22)32)30(36)19-35(26-16-23(40-4)12-14-27(26)41-5)44(38,39)24-13-15-28(42-6)29(17-24)43-7/h8-17,20-21H,18-19H2,1-7H3,(H,33,37)/t21-/m1/s1. The fraction of sp³-hybridized carbons (Fsp3) is 0.355. The van der Waals surface area contributed by atoms with Gasteiger partial charge in [0.05, 0.1) is 39.0 Å². The van der Waals surface area contributed by atoms with Crippen LogP contribution in [-0.2, 0) is 26.2 Å². The van der Waals surface area contributed by atoms with Crippen molar-refractivity contribution in [2.24, 2.45) is 0 Å². The van der Waals surface area contributed by atoms with Gasteiger partial charge in [0, 0.05) is 29.7 Å². The van der Waals surface area contributed by atoms with E-state index < -0.39 is 34.4 Å². The van der Waals surface area contributed by atoms with Crippen LogP contribution in [0.25, 0.3) is 0 Å². The summed E-state index contributed by atoms with van der Waals surface area (Å²) in [6.45, 7) is 4.44. The zero-order chi connectivity index (χ0) is 32.6. The number of sulfonamides is 1. The lowest BCUT2D eigenvalue weighted by Gasteiger charge is -2.33. The molecule has 238 valence electrons. The quantitative estimate of drug-likeness (QED) is 0.271. The normalized spacial score (nSPS) is 11.8. The average Bonchev–Trinajstić information content (AvgIpc) is 3.01. The van der Waals surface area contributed by atoms with Gasteiger partial charge in [-0.05, 0) is 56.7 Å². The molecule has 0 unspecified atom stereocenters. The average molecular weight is 648 g/mol. The molecule has 0 fully saturated rings. The molecule has 44 heavy (non-hydrogen) atoms. The Morgan fingerprint density at radius 1 is 0.841 bits per heavy atom. The van der Waals surface area contributed by atoms with Crippen LogP contribution in [0, 0.1) is 0 Å². The molecular weight excluding hydrogens is 610 g/mol. The van der Waals surface area contributed by atoms with E-state index in [1.165, 1.54) is 63.7 Å². The molecule has 0 aliphatic carbocycles. The lowest BCUT2D eigenvalue weighted by Crippen LogP contribution is -2.52. The number of amides is 2. The molecular formula is C31H38ClN3O8S. The molecule has 0 spiro atoms. The number of methoxy groups -OCH3 is 4. The van der Waals surface area contributed by atoms with Crippen LogP contribution in [0.4, 0.5) is 5.69 Å². The third-order valence-corrected chi connectivity index (χ3v) is 8.90. The Morgan fingerprint density at radius 2 is 1.48 bits per heavy atom. The molecule has 0 radical (unpaired) electrons. The maximum atomic E-state index is 14.4. The maximum Gasteiger partial charge on any atom is 0.265 e. The van der Waals surface area contributed by atoms with Gasteiger partial charge in [0.1, 0.15) is 24.1 Å². The first-order valence-corrected chi connectivity index (χ1v) is 15.5. The zero-order valence-corrected chi connectivity index (χ0v) is 27.4. The summed E-state index contributed by atoms with van der Waals surface area (Å²) in [5.74, 6) is -0.0658. The number of halogens is 1. The summed E-state index contributed by atoms with van der Waals surface area (Å²) in [4.78, 5) is 28.5. The van der Waals surface area contributed by atoms with Crippen LogP contribution >= 0.6 is 11.6 Å². The molecule has 0 aliphatic heterocycles. The Morgan fingerprint density at radius 3 is 2.07 bits per heavy atom. The number of nitrogens with one attached hydrogen (secondary N) is 1. The third-order valence-electron chi connectivity index (χ3n) is 6.77. The Balaban J connectivity index is 2.18. The number of hydrogen-bond acceptors (Lipinski definition) is 8. The lowest BCUT2D eigenvalue weighted by atomic mass is 10.1. The fourth-order valence-corrected chi connectivity index (χ4v) is 6.04. The van der Waals surface area contributed by atoms with E-state index in [0.717, 1.165) is 4.31 Å². The van der Waals surface area contributed by atoms with Gasteiger partial charge in [-0.15, -0.1) is 0 Å². The predicted octanol–water partition coefficient (Wildman–Crippen LogP) is 4.51. The zero-order valence-electron chi connectivity index (χ0n) is 25.8. The van der Waals surface area contributed by atoms with Crippen LogP contribution in [0.5, 0.6) is 23.0 Å². The molecule has 0 saturated carbocycles. The minimum absolute atomic E-state index is 0.0481. The fourth-order valence-electron chi connectivity index (χ4n) is 4.41. The van der Waals surface area contributed by atoms with Crippen molar-refractivity contribution >= 4 is 39.1 Å². The molecule has 3 aromatic rings. The Hall–Kier alpha value is -4.16. The molecule has 0 heterocycles. The number of nitrogens with zero attached hydrogens (tertiary/aromatic N) is 2. The summed E-state index contributed by atoms with van der Waals surface area (Å²) >= 11 is 6.42. The van der Waals surface area contributed by atoms with E-state index in [1.807, 2.05) is 0 Å². The van der Waals surface area contributed by atoms with Crippen LogP contribution in [0.2, 0.25) is 5.02 Å². The Bertz CT molecular complexity index is 1580. The smallest absolute Gasteiger partial charge is 0.265 e. The number of rotatable bonds is 14. The Kier molecular flexibility index (Phi) is 11.7. The highest BCUT2D eigenvalue weighted by Gasteiger charge is 2.35. The van der Waals surface area contributed by atoms with E-state index in [9.17, 15) is 18.0 Å². The van der Waals surface area contributed by atoms with E-state index in [4.69, 9.17) is 30.5 Å². The van der Waals surface area contributed by atoms with Crippen molar-refractivity contribution in [3.05, 3.63) is 71.2 Å². The van der Waals surface area contributed by atoms with Gasteiger partial charge in [0.25, 0.3) is 10.0 Å². The molecule has 3 rings (SSSR count). The van der Waals surface area contributed by atoms with Gasteiger partial charge >= 0.3 is 0 Å². The van der Waals surface area contributed by atoms with E-state index in [2.05, 4.69) is 5.32 Å². The highest BCUT2D eigenvalue weighted by molar-refractivity contribution is 7.92. The summed E-state index contributed by atoms with van der Waals surface area (Å²) in [5, 5.41) is 3.21. The molecule has 0 aromatic heterocycles. The van der Waals surface area contributed by atoms with Gasteiger partial charge in [-0.3, -0.25) is 13.9 Å². The van der Waals surface area contributed by atoms with Crippen LogP contribution in [0.3, 0.4) is 0 Å². The second kappa shape index (κ2) is 15.0. The monoisotopic (exact) mass is 647 g/mol. The first kappa shape index (κ1) is 34.3. The van der Waals surface area contributed by atoms with Gasteiger partial charge in [-0.1, -0.05) is 29.8 Å². The maximum absolute atomic E-state index is 14.4. The lowest BCUT2D eigenvalue weighted by molar-refractivity contribution is -0.139. The van der Waals surface area contributed by atoms with Crippen molar-refractivity contribution in [2.75, 3.05) is 39.3 Å². The van der Waals surface area contributed by atoms with E-state index in [0.29, 0.717) is 22.1 Å². The molecule has 0 aliphatic rings. The van der Waals surface area contributed by atoms with Crippen molar-refractivity contribution < 1.29 is 37.0 Å². The minimum Gasteiger partial charge on any atom is -0.497 e. The molecule has 1 N–H and O–H groups in total. The van der Waals surface area contributed by atoms with Gasteiger partial charge in [0.15, 0.2) is 11.5 Å². The van der Waals surface area contributed by atoms with Crippen molar-refractivity contribution in [3.8, 4) is 23.0 Å². The molecule has 3 aromatic carbocycles. The third kappa shape index (κ3) is 7.86. The first-order valence-electron chi connectivity index (χ1n) is 13.7. The molecule has 1 atom stereocenters. The van der Waals surface area contributed by atoms with Crippen LogP contribution < -0.4 is 28.6 Å². The largest absolute Gasteiger partial charge is 0.497 e. The van der Waals surface area contributed by atoms with Crippen molar-refractivity contribution in [3.63, 3.8) is 0 Å². The van der Waals surface area contributed by atoms with Crippen LogP contribution in [0.15, 0.2) is 65.6 Å². The summed E-state index contributed by atoms with van der Waals surface area (Å²) in [7, 11) is 1.18. The molecule has 0 saturated heterocycles. The molecule has 11 nitrogen and oxygen atoms in total. The van der Waals surface area contributed by atoms with Crippen LogP contribution in [-0.4, -0.2) is 72.2 Å². The van der Waals surface area contributed by atoms with Gasteiger partial charge in [-0.2, -0.15) is 0 Å². The topological polar surface area (TPSA) is 124 Å². The summed E-state index contributed by atoms with van der Waals surface area (Å²) in [5.41, 5.74) is 0.631. The van der Waals surface area contributed by atoms with E-state index in [1.54, 1.807) is 51.1 Å². The van der Waals surface area contributed by atoms with Gasteiger partial charge < -0.3 is 29.2 Å². The van der Waals surface area contributed by atoms with E-state index >= 15 is 0 Å². The summed E-state index contributed by atoms with van der Waals surface area (Å²) in [6.07, 6.45) is 0. The highest BCUT2D eigenvalue weighted by Crippen LogP contribution is 2.38. The number of ether oxygens (including phenoxy) is 4. The molecule has 0 bridgehead atoms. The van der Waals surface area contributed by atoms with Crippen molar-refractivity contribution in [1.29, 1.82) is 0 Å². The second-order valence-corrected chi connectivity index (χ2v) is 12.3. The SMILES string of the molecule is COc1ccc(OC)c(N(CC(=O)N(Cc2ccccc2Cl)[C@H](C)C(=O)NC(C)C)S(=O)(=O)c2ccc(OC)c(OC)c2)c1. The summed E-state index contributed by atoms with van der Waals surface area (Å²) < 4.78 is 51.1.